The summed E-state index contributed by atoms with van der Waals surface area (Å²) in [7, 11) is 0. The number of aliphatic hydroxyl groups excluding tert-OH is 1. The number of esters is 1. The SMILES string of the molecule is CCOC(=O)C(NC=O)C(O)c1cccc2ccccc12. The predicted molar refractivity (Wildman–Crippen MR) is 78.5 cm³/mol. The molecule has 0 aliphatic carbocycles. The summed E-state index contributed by atoms with van der Waals surface area (Å²) < 4.78 is 4.89. The number of rotatable bonds is 6. The topological polar surface area (TPSA) is 75.6 Å². The molecule has 2 aromatic rings. The number of benzene rings is 2. The van der Waals surface area contributed by atoms with E-state index >= 15 is 0 Å². The van der Waals surface area contributed by atoms with Gasteiger partial charge >= 0.3 is 5.97 Å². The van der Waals surface area contributed by atoms with Gasteiger partial charge in [-0.25, -0.2) is 4.79 Å². The normalized spacial score (nSPS) is 13.4. The molecule has 2 atom stereocenters. The lowest BCUT2D eigenvalue weighted by molar-refractivity contribution is -0.149. The molecule has 0 heterocycles. The van der Waals surface area contributed by atoms with Gasteiger partial charge in [0.2, 0.25) is 6.41 Å². The maximum atomic E-state index is 11.9. The highest BCUT2D eigenvalue weighted by Gasteiger charge is 2.29. The molecule has 0 bridgehead atoms. The van der Waals surface area contributed by atoms with Crippen LogP contribution >= 0.6 is 0 Å². The van der Waals surface area contributed by atoms with E-state index in [-0.39, 0.29) is 6.61 Å². The van der Waals surface area contributed by atoms with E-state index in [0.29, 0.717) is 12.0 Å². The molecule has 0 fully saturated rings. The molecule has 2 N–H and O–H groups in total. The van der Waals surface area contributed by atoms with Gasteiger partial charge < -0.3 is 15.2 Å². The van der Waals surface area contributed by atoms with Crippen molar-refractivity contribution in [3.8, 4) is 0 Å². The van der Waals surface area contributed by atoms with Crippen molar-refractivity contribution in [3.05, 3.63) is 48.0 Å². The molecule has 0 saturated carbocycles. The Labute approximate surface area is 122 Å². The second-order valence-corrected chi connectivity index (χ2v) is 4.53. The van der Waals surface area contributed by atoms with E-state index in [0.717, 1.165) is 10.8 Å². The van der Waals surface area contributed by atoms with Crippen LogP contribution in [0.2, 0.25) is 0 Å². The number of aliphatic hydroxyl groups is 1. The maximum Gasteiger partial charge on any atom is 0.331 e. The lowest BCUT2D eigenvalue weighted by atomic mass is 9.96. The predicted octanol–water partition coefficient (Wildman–Crippen LogP) is 1.55. The standard InChI is InChI=1S/C16H17NO4/c1-2-21-16(20)14(17-10-18)15(19)13-9-5-7-11-6-3-4-8-12(11)13/h3-10,14-15,19H,2H2,1H3,(H,17,18). The average molecular weight is 287 g/mol. The van der Waals surface area contributed by atoms with Crippen LogP contribution in [0.4, 0.5) is 0 Å². The van der Waals surface area contributed by atoms with Crippen LogP contribution in [0.25, 0.3) is 10.8 Å². The highest BCUT2D eigenvalue weighted by Crippen LogP contribution is 2.26. The van der Waals surface area contributed by atoms with Gasteiger partial charge in [0.1, 0.15) is 6.10 Å². The van der Waals surface area contributed by atoms with E-state index in [4.69, 9.17) is 4.74 Å². The van der Waals surface area contributed by atoms with Crippen LogP contribution in [-0.2, 0) is 14.3 Å². The van der Waals surface area contributed by atoms with Crippen molar-refractivity contribution >= 4 is 23.2 Å². The molecule has 2 rings (SSSR count). The number of carbonyl (C=O) groups is 2. The molecule has 110 valence electrons. The van der Waals surface area contributed by atoms with Crippen LogP contribution in [0.15, 0.2) is 42.5 Å². The fraction of sp³-hybridized carbons (Fsp3) is 0.250. The molecule has 0 aliphatic heterocycles. The zero-order chi connectivity index (χ0) is 15.2. The summed E-state index contributed by atoms with van der Waals surface area (Å²) in [5, 5.41) is 14.6. The number of ether oxygens (including phenoxy) is 1. The minimum Gasteiger partial charge on any atom is -0.464 e. The van der Waals surface area contributed by atoms with Crippen molar-refractivity contribution in [3.63, 3.8) is 0 Å². The van der Waals surface area contributed by atoms with Crippen LogP contribution in [0.5, 0.6) is 0 Å². The van der Waals surface area contributed by atoms with Gasteiger partial charge in [-0.05, 0) is 23.3 Å². The first kappa shape index (κ1) is 15.0. The van der Waals surface area contributed by atoms with Crippen molar-refractivity contribution in [1.82, 2.24) is 5.32 Å². The summed E-state index contributed by atoms with van der Waals surface area (Å²) in [4.78, 5) is 22.6. The smallest absolute Gasteiger partial charge is 0.331 e. The number of fused-ring (bicyclic) bond motifs is 1. The third-order valence-electron chi connectivity index (χ3n) is 3.25. The van der Waals surface area contributed by atoms with Crippen LogP contribution in [0.3, 0.4) is 0 Å². The molecule has 0 aliphatic rings. The molecule has 1 amide bonds. The van der Waals surface area contributed by atoms with E-state index < -0.39 is 18.1 Å². The molecular formula is C16H17NO4. The van der Waals surface area contributed by atoms with Crippen molar-refractivity contribution < 1.29 is 19.4 Å². The zero-order valence-corrected chi connectivity index (χ0v) is 11.7. The second kappa shape index (κ2) is 6.85. The summed E-state index contributed by atoms with van der Waals surface area (Å²) in [5.74, 6) is -0.662. The van der Waals surface area contributed by atoms with Crippen LogP contribution < -0.4 is 5.32 Å². The lowest BCUT2D eigenvalue weighted by Crippen LogP contribution is -2.42. The Hall–Kier alpha value is -2.40. The van der Waals surface area contributed by atoms with Gasteiger partial charge in [0.05, 0.1) is 6.61 Å². The second-order valence-electron chi connectivity index (χ2n) is 4.53. The summed E-state index contributed by atoms with van der Waals surface area (Å²) in [6.07, 6.45) is -0.795. The third-order valence-corrected chi connectivity index (χ3v) is 3.25. The van der Waals surface area contributed by atoms with E-state index in [2.05, 4.69) is 5.32 Å². The summed E-state index contributed by atoms with van der Waals surface area (Å²) in [6, 6.07) is 11.8. The van der Waals surface area contributed by atoms with Gasteiger partial charge in [-0.1, -0.05) is 42.5 Å². The number of hydrogen-bond donors (Lipinski definition) is 2. The number of carbonyl (C=O) groups excluding carboxylic acids is 2. The van der Waals surface area contributed by atoms with E-state index in [1.807, 2.05) is 30.3 Å². The minimum absolute atomic E-state index is 0.179. The largest absolute Gasteiger partial charge is 0.464 e. The number of amides is 1. The Bertz CT molecular complexity index is 636. The maximum absolute atomic E-state index is 11.9. The molecule has 2 unspecified atom stereocenters. The highest BCUT2D eigenvalue weighted by molar-refractivity contribution is 5.87. The molecule has 0 saturated heterocycles. The Morgan fingerprint density at radius 1 is 1.29 bits per heavy atom. The summed E-state index contributed by atoms with van der Waals surface area (Å²) in [6.45, 7) is 1.85. The highest BCUT2D eigenvalue weighted by atomic mass is 16.5. The molecule has 0 aromatic heterocycles. The molecule has 0 radical (unpaired) electrons. The first-order chi connectivity index (χ1) is 10.2. The Kier molecular flexibility index (Phi) is 4.90. The van der Waals surface area contributed by atoms with Crippen LogP contribution in [0, 0.1) is 0 Å². The van der Waals surface area contributed by atoms with E-state index in [1.165, 1.54) is 0 Å². The quantitative estimate of drug-likeness (QED) is 0.624. The van der Waals surface area contributed by atoms with Gasteiger partial charge in [-0.3, -0.25) is 4.79 Å². The molecule has 21 heavy (non-hydrogen) atoms. The van der Waals surface area contributed by atoms with Crippen molar-refractivity contribution in [2.75, 3.05) is 6.61 Å². The van der Waals surface area contributed by atoms with Gasteiger partial charge in [0.15, 0.2) is 6.04 Å². The number of hydrogen-bond acceptors (Lipinski definition) is 4. The fourth-order valence-electron chi connectivity index (χ4n) is 2.28. The first-order valence-electron chi connectivity index (χ1n) is 6.71. The van der Waals surface area contributed by atoms with Gasteiger partial charge in [-0.15, -0.1) is 0 Å². The first-order valence-corrected chi connectivity index (χ1v) is 6.71. The Balaban J connectivity index is 2.40. The molecule has 0 spiro atoms. The van der Waals surface area contributed by atoms with Gasteiger partial charge in [0, 0.05) is 0 Å². The van der Waals surface area contributed by atoms with Crippen molar-refractivity contribution in [2.45, 2.75) is 19.1 Å². The molecule has 5 nitrogen and oxygen atoms in total. The van der Waals surface area contributed by atoms with Gasteiger partial charge in [0.25, 0.3) is 0 Å². The van der Waals surface area contributed by atoms with E-state index in [9.17, 15) is 14.7 Å². The summed E-state index contributed by atoms with van der Waals surface area (Å²) in [5.41, 5.74) is 0.570. The third kappa shape index (κ3) is 3.20. The lowest BCUT2D eigenvalue weighted by Gasteiger charge is -2.22. The molecule has 2 aromatic carbocycles. The average Bonchev–Trinajstić information content (AvgIpc) is 2.51. The Morgan fingerprint density at radius 2 is 2.00 bits per heavy atom. The molecular weight excluding hydrogens is 270 g/mol. The van der Waals surface area contributed by atoms with Crippen molar-refractivity contribution in [2.24, 2.45) is 0 Å². The van der Waals surface area contributed by atoms with Gasteiger partial charge in [-0.2, -0.15) is 0 Å². The van der Waals surface area contributed by atoms with Crippen molar-refractivity contribution in [1.29, 1.82) is 0 Å². The zero-order valence-electron chi connectivity index (χ0n) is 11.7. The monoisotopic (exact) mass is 287 g/mol. The van der Waals surface area contributed by atoms with Crippen LogP contribution in [0.1, 0.15) is 18.6 Å². The van der Waals surface area contributed by atoms with Crippen LogP contribution in [-0.4, -0.2) is 30.1 Å². The number of nitrogens with one attached hydrogen (secondary N) is 1. The Morgan fingerprint density at radius 3 is 2.71 bits per heavy atom. The minimum atomic E-state index is -1.18. The van der Waals surface area contributed by atoms with E-state index in [1.54, 1.807) is 19.1 Å². The fourth-order valence-corrected chi connectivity index (χ4v) is 2.28. The molecule has 5 heteroatoms. The summed E-state index contributed by atoms with van der Waals surface area (Å²) >= 11 is 0.